The van der Waals surface area contributed by atoms with Crippen LogP contribution in [0, 0.1) is 0 Å². The third kappa shape index (κ3) is 21.6. The Kier molecular flexibility index (Phi) is 22.6. The Morgan fingerprint density at radius 2 is 1.03 bits per heavy atom. The Balaban J connectivity index is 3.84. The maximum Gasteiger partial charge on any atom is 0.334 e. The van der Waals surface area contributed by atoms with Gasteiger partial charge in [-0.3, -0.25) is 0 Å². The molecule has 0 spiro atoms. The summed E-state index contributed by atoms with van der Waals surface area (Å²) in [5.41, 5.74) is 0.482. The molecule has 196 valence electrons. The van der Waals surface area contributed by atoms with Crippen LogP contribution in [0.1, 0.15) is 130 Å². The molecule has 0 atom stereocenters. The SMILES string of the molecule is C=C(C)C(=O)OCCCCCCCCCCC[Si](C)(OCCCCCC)OCCCCCC. The minimum atomic E-state index is -2.02. The van der Waals surface area contributed by atoms with Crippen LogP contribution in [0.3, 0.4) is 0 Å². The van der Waals surface area contributed by atoms with Crippen LogP contribution in [0.15, 0.2) is 12.2 Å². The second kappa shape index (κ2) is 23.1. The quantitative estimate of drug-likeness (QED) is 0.0561. The Hall–Kier alpha value is -0.653. The van der Waals surface area contributed by atoms with Gasteiger partial charge in [-0.1, -0.05) is 110 Å². The summed E-state index contributed by atoms with van der Waals surface area (Å²) in [5.74, 6) is -0.266. The molecule has 0 heterocycles. The van der Waals surface area contributed by atoms with Gasteiger partial charge in [0.1, 0.15) is 0 Å². The fraction of sp³-hybridized carbons (Fsp3) is 0.893. The molecule has 0 unspecified atom stereocenters. The van der Waals surface area contributed by atoms with Gasteiger partial charge in [-0.2, -0.15) is 0 Å². The highest BCUT2D eigenvalue weighted by atomic mass is 28.4. The molecular weight excluding hydrogens is 428 g/mol. The number of ether oxygens (including phenoxy) is 1. The molecule has 0 radical (unpaired) electrons. The molecule has 0 aliphatic rings. The van der Waals surface area contributed by atoms with Gasteiger partial charge in [0.05, 0.1) is 6.61 Å². The largest absolute Gasteiger partial charge is 0.462 e. The highest BCUT2D eigenvalue weighted by Crippen LogP contribution is 2.21. The van der Waals surface area contributed by atoms with E-state index in [0.717, 1.165) is 32.1 Å². The smallest absolute Gasteiger partial charge is 0.334 e. The molecule has 0 saturated carbocycles. The minimum Gasteiger partial charge on any atom is -0.462 e. The molecule has 0 aromatic heterocycles. The number of hydrogen-bond acceptors (Lipinski definition) is 4. The third-order valence-electron chi connectivity index (χ3n) is 6.17. The number of unbranched alkanes of at least 4 members (excludes halogenated alkanes) is 14. The van der Waals surface area contributed by atoms with Crippen LogP contribution in [0.2, 0.25) is 12.6 Å². The lowest BCUT2D eigenvalue weighted by atomic mass is 10.1. The normalized spacial score (nSPS) is 11.6. The van der Waals surface area contributed by atoms with Gasteiger partial charge in [0, 0.05) is 18.8 Å². The van der Waals surface area contributed by atoms with Crippen molar-refractivity contribution < 1.29 is 18.4 Å². The van der Waals surface area contributed by atoms with E-state index in [1.165, 1.54) is 96.3 Å². The topological polar surface area (TPSA) is 44.8 Å². The van der Waals surface area contributed by atoms with Crippen molar-refractivity contribution in [2.75, 3.05) is 19.8 Å². The number of hydrogen-bond donors (Lipinski definition) is 0. The summed E-state index contributed by atoms with van der Waals surface area (Å²) in [7, 11) is -2.02. The highest BCUT2D eigenvalue weighted by Gasteiger charge is 2.30. The van der Waals surface area contributed by atoms with Crippen molar-refractivity contribution in [3.05, 3.63) is 12.2 Å². The lowest BCUT2D eigenvalue weighted by Crippen LogP contribution is -2.39. The van der Waals surface area contributed by atoms with Crippen LogP contribution in [-0.4, -0.2) is 34.4 Å². The lowest BCUT2D eigenvalue weighted by Gasteiger charge is -2.27. The van der Waals surface area contributed by atoms with Crippen molar-refractivity contribution in [2.24, 2.45) is 0 Å². The molecule has 0 aliphatic heterocycles. The molecule has 0 saturated heterocycles. The fourth-order valence-electron chi connectivity index (χ4n) is 3.89. The first kappa shape index (κ1) is 32.3. The van der Waals surface area contributed by atoms with Gasteiger partial charge in [-0.25, -0.2) is 4.79 Å². The summed E-state index contributed by atoms with van der Waals surface area (Å²) in [4.78, 5) is 11.3. The van der Waals surface area contributed by atoms with E-state index in [-0.39, 0.29) is 5.97 Å². The van der Waals surface area contributed by atoms with Crippen LogP contribution in [0.5, 0.6) is 0 Å². The standard InChI is InChI=1S/C28H56O4Si/c1-6-8-10-20-24-31-33(5,32-25-21-11-9-7-2)26-22-18-16-14-12-13-15-17-19-23-30-28(29)27(3)4/h3,6-26H2,1-2,4-5H3. The number of esters is 1. The summed E-state index contributed by atoms with van der Waals surface area (Å²) < 4.78 is 17.9. The van der Waals surface area contributed by atoms with Crippen molar-refractivity contribution in [3.8, 4) is 0 Å². The predicted molar refractivity (Wildman–Crippen MR) is 144 cm³/mol. The summed E-state index contributed by atoms with van der Waals surface area (Å²) in [5, 5.41) is 0. The van der Waals surface area contributed by atoms with E-state index in [9.17, 15) is 4.79 Å². The zero-order chi connectivity index (χ0) is 24.6. The van der Waals surface area contributed by atoms with Crippen molar-refractivity contribution >= 4 is 14.5 Å². The van der Waals surface area contributed by atoms with Gasteiger partial charge in [0.25, 0.3) is 0 Å². The molecule has 0 aromatic carbocycles. The first-order valence-electron chi connectivity index (χ1n) is 14.1. The Morgan fingerprint density at radius 1 is 0.636 bits per heavy atom. The molecule has 0 amide bonds. The second-order valence-corrected chi connectivity index (χ2v) is 13.1. The van der Waals surface area contributed by atoms with Gasteiger partial charge in [-0.15, -0.1) is 0 Å². The monoisotopic (exact) mass is 484 g/mol. The van der Waals surface area contributed by atoms with Crippen LogP contribution in [0.4, 0.5) is 0 Å². The first-order chi connectivity index (χ1) is 15.9. The van der Waals surface area contributed by atoms with E-state index in [4.69, 9.17) is 13.6 Å². The van der Waals surface area contributed by atoms with Gasteiger partial charge >= 0.3 is 14.5 Å². The van der Waals surface area contributed by atoms with Crippen LogP contribution >= 0.6 is 0 Å². The molecule has 0 bridgehead atoms. The summed E-state index contributed by atoms with van der Waals surface area (Å²) in [6.07, 6.45) is 21.1. The van der Waals surface area contributed by atoms with E-state index in [0.29, 0.717) is 12.2 Å². The van der Waals surface area contributed by atoms with Crippen molar-refractivity contribution in [1.82, 2.24) is 0 Å². The zero-order valence-corrected chi connectivity index (χ0v) is 23.7. The lowest BCUT2D eigenvalue weighted by molar-refractivity contribution is -0.139. The predicted octanol–water partition coefficient (Wildman–Crippen LogP) is 8.88. The third-order valence-corrected chi connectivity index (χ3v) is 9.06. The van der Waals surface area contributed by atoms with Crippen LogP contribution in [0.25, 0.3) is 0 Å². The van der Waals surface area contributed by atoms with E-state index < -0.39 is 8.56 Å². The summed E-state index contributed by atoms with van der Waals surface area (Å²) >= 11 is 0. The van der Waals surface area contributed by atoms with Crippen LogP contribution in [-0.2, 0) is 18.4 Å². The van der Waals surface area contributed by atoms with Crippen molar-refractivity contribution in [3.63, 3.8) is 0 Å². The molecule has 0 rings (SSSR count). The maximum atomic E-state index is 11.3. The van der Waals surface area contributed by atoms with Crippen molar-refractivity contribution in [2.45, 2.75) is 143 Å². The summed E-state index contributed by atoms with van der Waals surface area (Å²) in [6.45, 7) is 14.4. The van der Waals surface area contributed by atoms with E-state index in [1.807, 2.05) is 0 Å². The minimum absolute atomic E-state index is 0.266. The van der Waals surface area contributed by atoms with Crippen LogP contribution < -0.4 is 0 Å². The Labute approximate surface area is 207 Å². The number of carbonyl (C=O) groups excluding carboxylic acids is 1. The molecule has 4 nitrogen and oxygen atoms in total. The average Bonchev–Trinajstić information content (AvgIpc) is 2.79. The highest BCUT2D eigenvalue weighted by molar-refractivity contribution is 6.66. The molecule has 0 N–H and O–H groups in total. The number of rotatable bonds is 25. The molecule has 5 heteroatoms. The molecule has 0 fully saturated rings. The number of carbonyl (C=O) groups is 1. The second-order valence-electron chi connectivity index (χ2n) is 9.80. The first-order valence-corrected chi connectivity index (χ1v) is 16.6. The average molecular weight is 485 g/mol. The molecule has 33 heavy (non-hydrogen) atoms. The van der Waals surface area contributed by atoms with Gasteiger partial charge in [0.2, 0.25) is 0 Å². The maximum absolute atomic E-state index is 11.3. The summed E-state index contributed by atoms with van der Waals surface area (Å²) in [6, 6.07) is 1.14. The zero-order valence-electron chi connectivity index (χ0n) is 22.7. The van der Waals surface area contributed by atoms with Gasteiger partial charge < -0.3 is 13.6 Å². The van der Waals surface area contributed by atoms with E-state index in [1.54, 1.807) is 6.92 Å². The Bertz CT molecular complexity index is 453. The van der Waals surface area contributed by atoms with Gasteiger partial charge in [-0.05, 0) is 38.8 Å². The fourth-order valence-corrected chi connectivity index (χ4v) is 6.31. The van der Waals surface area contributed by atoms with E-state index in [2.05, 4.69) is 27.0 Å². The molecule has 0 aromatic rings. The van der Waals surface area contributed by atoms with E-state index >= 15 is 0 Å². The van der Waals surface area contributed by atoms with Crippen molar-refractivity contribution in [1.29, 1.82) is 0 Å². The molecule has 0 aliphatic carbocycles. The molecular formula is C28H56O4Si. The Morgan fingerprint density at radius 3 is 1.48 bits per heavy atom. The van der Waals surface area contributed by atoms with Gasteiger partial charge in [0.15, 0.2) is 0 Å².